The zero-order chi connectivity index (χ0) is 18.7. The van der Waals surface area contributed by atoms with Crippen molar-refractivity contribution in [2.45, 2.75) is 13.0 Å². The van der Waals surface area contributed by atoms with Gasteiger partial charge in [-0.25, -0.2) is 0 Å². The van der Waals surface area contributed by atoms with Crippen molar-refractivity contribution in [2.24, 2.45) is 0 Å². The molecular weight excluding hydrogens is 366 g/mol. The maximum atomic E-state index is 13.0. The molecule has 2 aromatic carbocycles. The molecule has 0 saturated carbocycles. The van der Waals surface area contributed by atoms with Crippen LogP contribution in [0.15, 0.2) is 53.4 Å². The van der Waals surface area contributed by atoms with Gasteiger partial charge in [0.1, 0.15) is 4.32 Å². The molecule has 1 unspecified atom stereocenters. The van der Waals surface area contributed by atoms with Crippen LogP contribution in [-0.4, -0.2) is 29.3 Å². The Morgan fingerprint density at radius 2 is 1.81 bits per heavy atom. The molecule has 1 aliphatic heterocycles. The fraction of sp³-hybridized carbons (Fsp3) is 0.200. The summed E-state index contributed by atoms with van der Waals surface area (Å²) in [7, 11) is 3.17. The van der Waals surface area contributed by atoms with E-state index in [1.54, 1.807) is 25.2 Å². The van der Waals surface area contributed by atoms with Crippen molar-refractivity contribution in [1.29, 1.82) is 0 Å². The van der Waals surface area contributed by atoms with Gasteiger partial charge in [0.25, 0.3) is 5.91 Å². The van der Waals surface area contributed by atoms with Crippen LogP contribution in [0.4, 0.5) is 0 Å². The van der Waals surface area contributed by atoms with Gasteiger partial charge >= 0.3 is 0 Å². The summed E-state index contributed by atoms with van der Waals surface area (Å²) in [5, 5.41) is 0. The van der Waals surface area contributed by atoms with Gasteiger partial charge in [0.15, 0.2) is 11.5 Å². The quantitative estimate of drug-likeness (QED) is 0.553. The topological polar surface area (TPSA) is 38.8 Å². The van der Waals surface area contributed by atoms with Crippen LogP contribution in [-0.2, 0) is 4.79 Å². The molecule has 0 bridgehead atoms. The molecule has 1 heterocycles. The predicted octanol–water partition coefficient (Wildman–Crippen LogP) is 4.67. The number of benzene rings is 2. The van der Waals surface area contributed by atoms with Crippen LogP contribution in [0.25, 0.3) is 6.08 Å². The van der Waals surface area contributed by atoms with Crippen LogP contribution >= 0.6 is 24.0 Å². The number of thiocarbonyl (C=S) groups is 1. The number of carbonyl (C=O) groups is 1. The Bertz CT molecular complexity index is 865. The summed E-state index contributed by atoms with van der Waals surface area (Å²) in [5.41, 5.74) is 1.82. The van der Waals surface area contributed by atoms with Gasteiger partial charge in [0.2, 0.25) is 0 Å². The van der Waals surface area contributed by atoms with E-state index in [9.17, 15) is 4.79 Å². The maximum Gasteiger partial charge on any atom is 0.266 e. The molecule has 6 heteroatoms. The number of carbonyl (C=O) groups excluding carboxylic acids is 1. The van der Waals surface area contributed by atoms with Crippen LogP contribution in [0.3, 0.4) is 0 Å². The largest absolute Gasteiger partial charge is 0.493 e. The maximum absolute atomic E-state index is 13.0. The highest BCUT2D eigenvalue weighted by Gasteiger charge is 2.36. The predicted molar refractivity (Wildman–Crippen MR) is 109 cm³/mol. The van der Waals surface area contributed by atoms with Crippen molar-refractivity contribution in [1.82, 2.24) is 4.90 Å². The zero-order valence-corrected chi connectivity index (χ0v) is 16.4. The highest BCUT2D eigenvalue weighted by atomic mass is 32.2. The third-order valence-corrected chi connectivity index (χ3v) is 5.54. The number of amides is 1. The fourth-order valence-corrected chi connectivity index (χ4v) is 4.27. The highest BCUT2D eigenvalue weighted by Crippen LogP contribution is 2.40. The first-order chi connectivity index (χ1) is 12.6. The Kier molecular flexibility index (Phi) is 5.64. The smallest absolute Gasteiger partial charge is 0.266 e. The lowest BCUT2D eigenvalue weighted by atomic mass is 10.1. The summed E-state index contributed by atoms with van der Waals surface area (Å²) in [6.45, 7) is 1.98. The molecule has 1 aliphatic rings. The van der Waals surface area contributed by atoms with Gasteiger partial charge in [-0.15, -0.1) is 0 Å². The normalized spacial score (nSPS) is 16.9. The number of hydrogen-bond donors (Lipinski definition) is 0. The minimum atomic E-state index is -0.123. The monoisotopic (exact) mass is 385 g/mol. The average molecular weight is 386 g/mol. The highest BCUT2D eigenvalue weighted by molar-refractivity contribution is 8.26. The lowest BCUT2D eigenvalue weighted by molar-refractivity contribution is -0.123. The first-order valence-corrected chi connectivity index (χ1v) is 9.32. The molecule has 0 aromatic heterocycles. The van der Waals surface area contributed by atoms with Crippen LogP contribution in [0.2, 0.25) is 0 Å². The number of nitrogens with zero attached hydrogens (tertiary/aromatic N) is 1. The summed E-state index contributed by atoms with van der Waals surface area (Å²) in [6, 6.07) is 15.3. The van der Waals surface area contributed by atoms with Gasteiger partial charge in [-0.1, -0.05) is 66.4 Å². The van der Waals surface area contributed by atoms with Crippen molar-refractivity contribution in [3.63, 3.8) is 0 Å². The molecule has 3 rings (SSSR count). The molecule has 1 atom stereocenters. The molecule has 26 heavy (non-hydrogen) atoms. The number of para-hydroxylation sites is 1. The molecule has 0 N–H and O–H groups in total. The number of thioether (sulfide) groups is 1. The van der Waals surface area contributed by atoms with Crippen molar-refractivity contribution in [2.75, 3.05) is 14.2 Å². The van der Waals surface area contributed by atoms with Gasteiger partial charge < -0.3 is 9.47 Å². The van der Waals surface area contributed by atoms with E-state index in [0.29, 0.717) is 20.7 Å². The van der Waals surface area contributed by atoms with E-state index in [1.807, 2.05) is 55.5 Å². The molecular formula is C20H19NO3S2. The van der Waals surface area contributed by atoms with E-state index in [-0.39, 0.29) is 11.9 Å². The third kappa shape index (κ3) is 3.48. The van der Waals surface area contributed by atoms with E-state index in [0.717, 1.165) is 11.1 Å². The van der Waals surface area contributed by atoms with E-state index in [1.165, 1.54) is 11.8 Å². The second-order valence-electron chi connectivity index (χ2n) is 5.72. The molecule has 1 saturated heterocycles. The molecule has 0 spiro atoms. The minimum Gasteiger partial charge on any atom is -0.493 e. The Balaban J connectivity index is 1.93. The van der Waals surface area contributed by atoms with E-state index in [4.69, 9.17) is 21.7 Å². The Morgan fingerprint density at radius 1 is 1.08 bits per heavy atom. The lowest BCUT2D eigenvalue weighted by Crippen LogP contribution is -2.30. The van der Waals surface area contributed by atoms with E-state index < -0.39 is 0 Å². The first kappa shape index (κ1) is 18.5. The molecule has 1 amide bonds. The number of methoxy groups -OCH3 is 2. The molecule has 2 aromatic rings. The van der Waals surface area contributed by atoms with Crippen molar-refractivity contribution in [3.8, 4) is 11.5 Å². The van der Waals surface area contributed by atoms with Gasteiger partial charge in [0, 0.05) is 5.56 Å². The van der Waals surface area contributed by atoms with Crippen molar-refractivity contribution >= 4 is 40.3 Å². The molecule has 1 fully saturated rings. The Hall–Kier alpha value is -2.31. The van der Waals surface area contributed by atoms with Crippen LogP contribution in [0, 0.1) is 0 Å². The van der Waals surface area contributed by atoms with Crippen molar-refractivity contribution in [3.05, 3.63) is 64.6 Å². The summed E-state index contributed by atoms with van der Waals surface area (Å²) >= 11 is 6.77. The third-order valence-electron chi connectivity index (χ3n) is 4.21. The first-order valence-electron chi connectivity index (χ1n) is 8.09. The molecule has 0 aliphatic carbocycles. The summed E-state index contributed by atoms with van der Waals surface area (Å²) in [6.07, 6.45) is 1.80. The molecule has 0 radical (unpaired) electrons. The van der Waals surface area contributed by atoms with Crippen LogP contribution in [0.1, 0.15) is 24.1 Å². The van der Waals surface area contributed by atoms with Gasteiger partial charge in [-0.2, -0.15) is 0 Å². The van der Waals surface area contributed by atoms with Gasteiger partial charge in [-0.3, -0.25) is 9.69 Å². The zero-order valence-electron chi connectivity index (χ0n) is 14.8. The minimum absolute atomic E-state index is 0.0961. The number of ether oxygens (including phenoxy) is 2. The second-order valence-corrected chi connectivity index (χ2v) is 7.40. The van der Waals surface area contributed by atoms with Crippen LogP contribution in [0.5, 0.6) is 11.5 Å². The summed E-state index contributed by atoms with van der Waals surface area (Å²) in [5.74, 6) is 1.12. The van der Waals surface area contributed by atoms with Gasteiger partial charge in [0.05, 0.1) is 25.2 Å². The average Bonchev–Trinajstić information content (AvgIpc) is 2.94. The molecule has 4 nitrogen and oxygen atoms in total. The lowest BCUT2D eigenvalue weighted by Gasteiger charge is -2.23. The fourth-order valence-electron chi connectivity index (χ4n) is 2.86. The van der Waals surface area contributed by atoms with E-state index in [2.05, 4.69) is 0 Å². The standard InChI is InChI=1S/C20H19NO3S2/c1-13(14-8-5-4-6-9-14)21-19(22)17(26-20(21)25)12-15-10-7-11-16(23-2)18(15)24-3/h4-13H,1-3H3/b17-12-. The molecule has 134 valence electrons. The van der Waals surface area contributed by atoms with E-state index >= 15 is 0 Å². The second kappa shape index (κ2) is 7.93. The summed E-state index contributed by atoms with van der Waals surface area (Å²) in [4.78, 5) is 15.2. The Morgan fingerprint density at radius 3 is 2.46 bits per heavy atom. The van der Waals surface area contributed by atoms with Gasteiger partial charge in [-0.05, 0) is 24.6 Å². The number of rotatable bonds is 5. The van der Waals surface area contributed by atoms with Crippen molar-refractivity contribution < 1.29 is 14.3 Å². The summed E-state index contributed by atoms with van der Waals surface area (Å²) < 4.78 is 11.3. The van der Waals surface area contributed by atoms with Crippen LogP contribution < -0.4 is 9.47 Å². The Labute approximate surface area is 162 Å². The SMILES string of the molecule is COc1cccc(/C=C2\SC(=S)N(C(C)c3ccccc3)C2=O)c1OC. The number of hydrogen-bond acceptors (Lipinski definition) is 5.